The van der Waals surface area contributed by atoms with Gasteiger partial charge in [0.1, 0.15) is 5.52 Å². The molecule has 0 aliphatic heterocycles. The van der Waals surface area contributed by atoms with Crippen LogP contribution in [0.1, 0.15) is 24.1 Å². The van der Waals surface area contributed by atoms with Crippen molar-refractivity contribution in [3.63, 3.8) is 0 Å². The van der Waals surface area contributed by atoms with E-state index in [1.54, 1.807) is 4.68 Å². The molecule has 0 radical (unpaired) electrons. The lowest BCUT2D eigenvalue weighted by Gasteiger charge is -2.14. The van der Waals surface area contributed by atoms with Crippen molar-refractivity contribution in [2.24, 2.45) is 0 Å². The molecular formula is C15H12F3N3. The van der Waals surface area contributed by atoms with E-state index in [-0.39, 0.29) is 6.04 Å². The molecule has 21 heavy (non-hydrogen) atoms. The van der Waals surface area contributed by atoms with Gasteiger partial charge in [0.15, 0.2) is 0 Å². The van der Waals surface area contributed by atoms with Crippen LogP contribution < -0.4 is 0 Å². The van der Waals surface area contributed by atoms with Gasteiger partial charge in [-0.3, -0.25) is 0 Å². The lowest BCUT2D eigenvalue weighted by atomic mass is 10.1. The van der Waals surface area contributed by atoms with Crippen LogP contribution in [0.15, 0.2) is 48.5 Å². The minimum Gasteiger partial charge on any atom is -0.237 e. The van der Waals surface area contributed by atoms with Crippen molar-refractivity contribution in [1.29, 1.82) is 0 Å². The normalized spacial score (nSPS) is 13.5. The Hall–Kier alpha value is -2.37. The van der Waals surface area contributed by atoms with Crippen molar-refractivity contribution >= 4 is 11.0 Å². The third-order valence-corrected chi connectivity index (χ3v) is 3.46. The maximum absolute atomic E-state index is 12.6. The van der Waals surface area contributed by atoms with Crippen LogP contribution in [-0.4, -0.2) is 15.0 Å². The topological polar surface area (TPSA) is 30.7 Å². The first-order valence-electron chi connectivity index (χ1n) is 6.44. The minimum absolute atomic E-state index is 0.195. The van der Waals surface area contributed by atoms with Gasteiger partial charge >= 0.3 is 6.18 Å². The smallest absolute Gasteiger partial charge is 0.237 e. The second-order valence-corrected chi connectivity index (χ2v) is 4.82. The summed E-state index contributed by atoms with van der Waals surface area (Å²) in [5.41, 5.74) is 1.71. The fraction of sp³-hybridized carbons (Fsp3) is 0.200. The van der Waals surface area contributed by atoms with Gasteiger partial charge in [-0.15, -0.1) is 5.10 Å². The molecule has 108 valence electrons. The van der Waals surface area contributed by atoms with Gasteiger partial charge in [0.05, 0.1) is 17.1 Å². The first-order valence-corrected chi connectivity index (χ1v) is 6.44. The Kier molecular flexibility index (Phi) is 3.16. The monoisotopic (exact) mass is 291 g/mol. The average Bonchev–Trinajstić information content (AvgIpc) is 2.90. The van der Waals surface area contributed by atoms with Gasteiger partial charge in [0, 0.05) is 0 Å². The number of halogens is 3. The Morgan fingerprint density at radius 1 is 1.00 bits per heavy atom. The van der Waals surface area contributed by atoms with Crippen molar-refractivity contribution in [3.05, 3.63) is 59.7 Å². The van der Waals surface area contributed by atoms with E-state index >= 15 is 0 Å². The van der Waals surface area contributed by atoms with E-state index in [4.69, 9.17) is 0 Å². The van der Waals surface area contributed by atoms with E-state index in [1.807, 2.05) is 31.2 Å². The lowest BCUT2D eigenvalue weighted by Crippen LogP contribution is -2.10. The van der Waals surface area contributed by atoms with Crippen LogP contribution in [0.25, 0.3) is 11.0 Å². The molecule has 1 atom stereocenters. The summed E-state index contributed by atoms with van der Waals surface area (Å²) in [6, 6.07) is 12.4. The van der Waals surface area contributed by atoms with Crippen molar-refractivity contribution in [2.45, 2.75) is 19.1 Å². The molecule has 3 aromatic rings. The Bertz CT molecular complexity index is 760. The average molecular weight is 291 g/mol. The summed E-state index contributed by atoms with van der Waals surface area (Å²) in [5.74, 6) is 0. The van der Waals surface area contributed by atoms with Crippen LogP contribution in [0.2, 0.25) is 0 Å². The molecule has 0 aliphatic rings. The number of hydrogen-bond donors (Lipinski definition) is 0. The maximum atomic E-state index is 12.6. The molecule has 0 bridgehead atoms. The highest BCUT2D eigenvalue weighted by atomic mass is 19.4. The van der Waals surface area contributed by atoms with Gasteiger partial charge in [0.2, 0.25) is 0 Å². The van der Waals surface area contributed by atoms with Crippen LogP contribution in [-0.2, 0) is 6.18 Å². The number of para-hydroxylation sites is 1. The molecule has 1 unspecified atom stereocenters. The van der Waals surface area contributed by atoms with E-state index in [2.05, 4.69) is 10.3 Å². The van der Waals surface area contributed by atoms with E-state index in [0.717, 1.165) is 28.7 Å². The predicted molar refractivity (Wildman–Crippen MR) is 72.8 cm³/mol. The molecule has 0 aliphatic carbocycles. The van der Waals surface area contributed by atoms with Gasteiger partial charge < -0.3 is 0 Å². The standard InChI is InChI=1S/C15H12F3N3/c1-10(11-6-8-12(9-7-11)15(16,17)18)21-14-5-3-2-4-13(14)19-20-21/h2-10H,1H3. The molecule has 0 spiro atoms. The zero-order chi connectivity index (χ0) is 15.0. The number of nitrogens with zero attached hydrogens (tertiary/aromatic N) is 3. The number of aromatic nitrogens is 3. The van der Waals surface area contributed by atoms with Crippen LogP contribution in [0.3, 0.4) is 0 Å². The van der Waals surface area contributed by atoms with Gasteiger partial charge in [-0.25, -0.2) is 4.68 Å². The van der Waals surface area contributed by atoms with Gasteiger partial charge in [-0.2, -0.15) is 13.2 Å². The Labute approximate surface area is 119 Å². The Balaban J connectivity index is 1.97. The summed E-state index contributed by atoms with van der Waals surface area (Å²) in [7, 11) is 0. The summed E-state index contributed by atoms with van der Waals surface area (Å²) in [5, 5.41) is 8.14. The molecule has 0 saturated carbocycles. The molecule has 0 fully saturated rings. The van der Waals surface area contributed by atoms with E-state index in [1.165, 1.54) is 12.1 Å². The number of benzene rings is 2. The van der Waals surface area contributed by atoms with E-state index in [0.29, 0.717) is 0 Å². The molecule has 3 nitrogen and oxygen atoms in total. The van der Waals surface area contributed by atoms with Gasteiger partial charge in [-0.05, 0) is 36.8 Å². The highest BCUT2D eigenvalue weighted by molar-refractivity contribution is 5.74. The number of hydrogen-bond acceptors (Lipinski definition) is 2. The highest BCUT2D eigenvalue weighted by Crippen LogP contribution is 2.30. The lowest BCUT2D eigenvalue weighted by molar-refractivity contribution is -0.137. The number of fused-ring (bicyclic) bond motifs is 1. The quantitative estimate of drug-likeness (QED) is 0.713. The minimum atomic E-state index is -4.32. The van der Waals surface area contributed by atoms with E-state index in [9.17, 15) is 13.2 Å². The number of alkyl halides is 3. The molecule has 2 aromatic carbocycles. The van der Waals surface area contributed by atoms with Crippen molar-refractivity contribution in [1.82, 2.24) is 15.0 Å². The summed E-state index contributed by atoms with van der Waals surface area (Å²) in [6.07, 6.45) is -4.32. The van der Waals surface area contributed by atoms with Crippen molar-refractivity contribution in [2.75, 3.05) is 0 Å². The number of rotatable bonds is 2. The second-order valence-electron chi connectivity index (χ2n) is 4.82. The molecule has 6 heteroatoms. The SMILES string of the molecule is CC(c1ccc(C(F)(F)F)cc1)n1nnc2ccccc21. The largest absolute Gasteiger partial charge is 0.416 e. The second kappa shape index (κ2) is 4.87. The third-order valence-electron chi connectivity index (χ3n) is 3.46. The van der Waals surface area contributed by atoms with Crippen molar-refractivity contribution < 1.29 is 13.2 Å². The molecule has 1 heterocycles. The molecular weight excluding hydrogens is 279 g/mol. The molecule has 0 saturated heterocycles. The van der Waals surface area contributed by atoms with E-state index < -0.39 is 11.7 Å². The van der Waals surface area contributed by atoms with Gasteiger partial charge in [0.25, 0.3) is 0 Å². The summed E-state index contributed by atoms with van der Waals surface area (Å²) >= 11 is 0. The summed E-state index contributed by atoms with van der Waals surface area (Å²) in [4.78, 5) is 0. The first kappa shape index (κ1) is 13.6. The first-order chi connectivity index (χ1) is 9.97. The highest BCUT2D eigenvalue weighted by Gasteiger charge is 2.30. The Morgan fingerprint density at radius 3 is 2.33 bits per heavy atom. The van der Waals surface area contributed by atoms with Gasteiger partial charge in [-0.1, -0.05) is 29.5 Å². The van der Waals surface area contributed by atoms with Crippen LogP contribution in [0.4, 0.5) is 13.2 Å². The molecule has 0 amide bonds. The molecule has 1 aromatic heterocycles. The predicted octanol–water partition coefficient (Wildman–Crippen LogP) is 4.06. The van der Waals surface area contributed by atoms with Crippen LogP contribution >= 0.6 is 0 Å². The summed E-state index contributed by atoms with van der Waals surface area (Å²) in [6.45, 7) is 1.88. The Morgan fingerprint density at radius 2 is 1.67 bits per heavy atom. The molecule has 3 rings (SSSR count). The zero-order valence-electron chi connectivity index (χ0n) is 11.2. The fourth-order valence-electron chi connectivity index (χ4n) is 2.26. The molecule has 0 N–H and O–H groups in total. The summed E-state index contributed by atoms with van der Waals surface area (Å²) < 4.78 is 39.4. The maximum Gasteiger partial charge on any atom is 0.416 e. The van der Waals surface area contributed by atoms with Crippen LogP contribution in [0.5, 0.6) is 0 Å². The van der Waals surface area contributed by atoms with Crippen molar-refractivity contribution in [3.8, 4) is 0 Å². The fourth-order valence-corrected chi connectivity index (χ4v) is 2.26. The van der Waals surface area contributed by atoms with Crippen LogP contribution in [0, 0.1) is 0 Å². The zero-order valence-corrected chi connectivity index (χ0v) is 11.2. The third kappa shape index (κ3) is 2.49.